The predicted octanol–water partition coefficient (Wildman–Crippen LogP) is 2.85. The molecule has 0 saturated heterocycles. The van der Waals surface area contributed by atoms with Crippen molar-refractivity contribution in [2.24, 2.45) is 10.9 Å². The van der Waals surface area contributed by atoms with Crippen LogP contribution in [0.3, 0.4) is 0 Å². The third-order valence-corrected chi connectivity index (χ3v) is 5.50. The Morgan fingerprint density at radius 1 is 1.04 bits per heavy atom. The van der Waals surface area contributed by atoms with Crippen molar-refractivity contribution in [3.63, 3.8) is 0 Å². The summed E-state index contributed by atoms with van der Waals surface area (Å²) in [4.78, 5) is 4.61. The minimum Gasteiger partial charge on any atom is -0.357 e. The van der Waals surface area contributed by atoms with E-state index in [9.17, 15) is 8.42 Å². The molecule has 1 aromatic rings. The lowest BCUT2D eigenvalue weighted by molar-refractivity contribution is 0.481. The second-order valence-corrected chi connectivity index (χ2v) is 7.96. The molecule has 26 heavy (non-hydrogen) atoms. The van der Waals surface area contributed by atoms with E-state index in [0.717, 1.165) is 43.0 Å². The van der Waals surface area contributed by atoms with E-state index in [1.807, 2.05) is 31.2 Å². The molecule has 0 aromatic heterocycles. The topological polar surface area (TPSA) is 82.6 Å². The average Bonchev–Trinajstić information content (AvgIpc) is 2.61. The number of nitrogens with one attached hydrogen (secondary N) is 3. The van der Waals surface area contributed by atoms with Crippen molar-refractivity contribution >= 4 is 40.0 Å². The van der Waals surface area contributed by atoms with Crippen LogP contribution in [0.25, 0.3) is 0 Å². The smallest absolute Gasteiger partial charge is 0.215 e. The Bertz CT molecular complexity index is 629. The number of aliphatic imine (C=N–C) groups is 1. The van der Waals surface area contributed by atoms with Gasteiger partial charge in [0.25, 0.3) is 0 Å². The largest absolute Gasteiger partial charge is 0.357 e. The zero-order chi connectivity index (χ0) is 18.7. The van der Waals surface area contributed by atoms with E-state index in [1.165, 1.54) is 7.05 Å². The molecule has 8 heteroatoms. The van der Waals surface area contributed by atoms with Gasteiger partial charge in [0.2, 0.25) is 10.0 Å². The number of rotatable bonds is 10. The number of sulfonamides is 1. The van der Waals surface area contributed by atoms with Crippen molar-refractivity contribution in [3.05, 3.63) is 35.4 Å². The molecule has 0 spiro atoms. The molecular weight excluding hydrogens is 463 g/mol. The van der Waals surface area contributed by atoms with Crippen LogP contribution < -0.4 is 15.4 Å². The Morgan fingerprint density at radius 2 is 1.62 bits per heavy atom. The second-order valence-electron chi connectivity index (χ2n) is 6.04. The SMILES string of the molecule is CCNC(=NCc1ccc(CS(=O)(=O)NC)cc1)NCC(CC)CC.I. The first-order chi connectivity index (χ1) is 11.9. The van der Waals surface area contributed by atoms with E-state index in [4.69, 9.17) is 0 Å². The fraction of sp³-hybridized carbons (Fsp3) is 0.611. The number of guanidine groups is 1. The Labute approximate surface area is 175 Å². The zero-order valence-electron chi connectivity index (χ0n) is 16.2. The Morgan fingerprint density at radius 3 is 2.12 bits per heavy atom. The van der Waals surface area contributed by atoms with Gasteiger partial charge in [0.1, 0.15) is 0 Å². The monoisotopic (exact) mass is 496 g/mol. The van der Waals surface area contributed by atoms with Gasteiger partial charge in [0, 0.05) is 13.1 Å². The molecule has 3 N–H and O–H groups in total. The summed E-state index contributed by atoms with van der Waals surface area (Å²) in [7, 11) is -1.81. The van der Waals surface area contributed by atoms with Crippen LogP contribution in [-0.4, -0.2) is 34.5 Å². The summed E-state index contributed by atoms with van der Waals surface area (Å²) in [5.74, 6) is 1.46. The predicted molar refractivity (Wildman–Crippen MR) is 120 cm³/mol. The first-order valence-corrected chi connectivity index (χ1v) is 10.6. The minimum atomic E-state index is -3.24. The standard InChI is InChI=1S/C18H32N4O2S.HI/c1-5-15(6-2)12-21-18(20-7-3)22-13-16-8-10-17(11-9-16)14-25(23,24)19-4;/h8-11,15,19H,5-7,12-14H2,1-4H3,(H2,20,21,22);1H. The fourth-order valence-electron chi connectivity index (χ4n) is 2.36. The summed E-state index contributed by atoms with van der Waals surface area (Å²) < 4.78 is 25.5. The van der Waals surface area contributed by atoms with Crippen LogP contribution in [0.5, 0.6) is 0 Å². The summed E-state index contributed by atoms with van der Waals surface area (Å²) >= 11 is 0. The van der Waals surface area contributed by atoms with Crippen LogP contribution in [-0.2, 0) is 22.3 Å². The van der Waals surface area contributed by atoms with Gasteiger partial charge in [-0.2, -0.15) is 0 Å². The molecule has 0 atom stereocenters. The number of nitrogens with zero attached hydrogens (tertiary/aromatic N) is 1. The minimum absolute atomic E-state index is 0. The molecule has 0 radical (unpaired) electrons. The highest BCUT2D eigenvalue weighted by Crippen LogP contribution is 2.09. The molecule has 0 aliphatic heterocycles. The first-order valence-electron chi connectivity index (χ1n) is 8.95. The van der Waals surface area contributed by atoms with Gasteiger partial charge in [-0.3, -0.25) is 0 Å². The van der Waals surface area contributed by atoms with E-state index in [1.54, 1.807) is 0 Å². The Balaban J connectivity index is 0.00000625. The van der Waals surface area contributed by atoms with E-state index in [2.05, 4.69) is 34.2 Å². The third kappa shape index (κ3) is 9.72. The molecule has 0 heterocycles. The lowest BCUT2D eigenvalue weighted by Gasteiger charge is -2.16. The maximum absolute atomic E-state index is 11.6. The highest BCUT2D eigenvalue weighted by Gasteiger charge is 2.08. The van der Waals surface area contributed by atoms with Crippen molar-refractivity contribution < 1.29 is 8.42 Å². The number of benzene rings is 1. The molecule has 0 bridgehead atoms. The van der Waals surface area contributed by atoms with E-state index < -0.39 is 10.0 Å². The van der Waals surface area contributed by atoms with E-state index in [0.29, 0.717) is 12.5 Å². The van der Waals surface area contributed by atoms with Crippen LogP contribution >= 0.6 is 24.0 Å². The van der Waals surface area contributed by atoms with Crippen LogP contribution in [0.4, 0.5) is 0 Å². The summed E-state index contributed by atoms with van der Waals surface area (Å²) in [5.41, 5.74) is 1.81. The number of halogens is 1. The van der Waals surface area contributed by atoms with Gasteiger partial charge in [-0.25, -0.2) is 18.1 Å². The molecule has 0 aliphatic rings. The maximum Gasteiger partial charge on any atom is 0.215 e. The second kappa shape index (κ2) is 13.3. The third-order valence-electron chi connectivity index (χ3n) is 4.17. The van der Waals surface area contributed by atoms with Crippen molar-refractivity contribution in [1.29, 1.82) is 0 Å². The van der Waals surface area contributed by atoms with Gasteiger partial charge >= 0.3 is 0 Å². The van der Waals surface area contributed by atoms with Crippen LogP contribution in [0.2, 0.25) is 0 Å². The van der Waals surface area contributed by atoms with Gasteiger partial charge in [-0.1, -0.05) is 51.0 Å². The molecule has 0 saturated carbocycles. The lowest BCUT2D eigenvalue weighted by Crippen LogP contribution is -2.39. The first kappa shape index (κ1) is 25.1. The molecule has 0 amide bonds. The fourth-order valence-corrected chi connectivity index (χ4v) is 3.14. The molecule has 0 unspecified atom stereocenters. The molecule has 6 nitrogen and oxygen atoms in total. The Hall–Kier alpha value is -0.870. The van der Waals surface area contributed by atoms with Crippen LogP contribution in [0.1, 0.15) is 44.7 Å². The van der Waals surface area contributed by atoms with Gasteiger partial charge < -0.3 is 10.6 Å². The maximum atomic E-state index is 11.6. The van der Waals surface area contributed by atoms with Crippen molar-refractivity contribution in [1.82, 2.24) is 15.4 Å². The van der Waals surface area contributed by atoms with Crippen molar-refractivity contribution in [2.45, 2.75) is 45.9 Å². The average molecular weight is 496 g/mol. The molecule has 150 valence electrons. The normalized spacial score (nSPS) is 12.0. The van der Waals surface area contributed by atoms with Gasteiger partial charge in [-0.15, -0.1) is 24.0 Å². The summed E-state index contributed by atoms with van der Waals surface area (Å²) in [5, 5.41) is 6.65. The highest BCUT2D eigenvalue weighted by atomic mass is 127. The number of hydrogen-bond donors (Lipinski definition) is 3. The highest BCUT2D eigenvalue weighted by molar-refractivity contribution is 14.0. The van der Waals surface area contributed by atoms with Crippen LogP contribution in [0, 0.1) is 5.92 Å². The van der Waals surface area contributed by atoms with E-state index in [-0.39, 0.29) is 29.7 Å². The van der Waals surface area contributed by atoms with Crippen molar-refractivity contribution in [3.8, 4) is 0 Å². The van der Waals surface area contributed by atoms with Crippen LogP contribution in [0.15, 0.2) is 29.3 Å². The van der Waals surface area contributed by atoms with E-state index >= 15 is 0 Å². The molecule has 0 aliphatic carbocycles. The van der Waals surface area contributed by atoms with Crippen molar-refractivity contribution in [2.75, 3.05) is 20.1 Å². The van der Waals surface area contributed by atoms with Gasteiger partial charge in [0.15, 0.2) is 5.96 Å². The number of hydrogen-bond acceptors (Lipinski definition) is 3. The summed E-state index contributed by atoms with van der Waals surface area (Å²) in [6.45, 7) is 8.74. The molecule has 0 fully saturated rings. The lowest BCUT2D eigenvalue weighted by atomic mass is 10.0. The van der Waals surface area contributed by atoms with Gasteiger partial charge in [-0.05, 0) is 31.0 Å². The molecule has 1 rings (SSSR count). The summed E-state index contributed by atoms with van der Waals surface area (Å²) in [6, 6.07) is 7.53. The van der Waals surface area contributed by atoms with Gasteiger partial charge in [0.05, 0.1) is 12.3 Å². The summed E-state index contributed by atoms with van der Waals surface area (Å²) in [6.07, 6.45) is 2.31. The Kier molecular flexibility index (Phi) is 12.9. The molecular formula is C18H33IN4O2S. The quantitative estimate of drug-likeness (QED) is 0.264. The molecule has 1 aromatic carbocycles. The zero-order valence-corrected chi connectivity index (χ0v) is 19.4.